The molecule has 0 spiro atoms. The number of nitrogens with one attached hydrogen (secondary N) is 2. The van der Waals surface area contributed by atoms with E-state index in [9.17, 15) is 0 Å². The fourth-order valence-corrected chi connectivity index (χ4v) is 5.42. The summed E-state index contributed by atoms with van der Waals surface area (Å²) < 4.78 is 0. The molecule has 2 heteroatoms. The molecule has 2 unspecified atom stereocenters. The van der Waals surface area contributed by atoms with Gasteiger partial charge in [0.15, 0.2) is 0 Å². The van der Waals surface area contributed by atoms with E-state index in [-0.39, 0.29) is 0 Å². The summed E-state index contributed by atoms with van der Waals surface area (Å²) in [4.78, 5) is 0. The van der Waals surface area contributed by atoms with Gasteiger partial charge in [0.1, 0.15) is 0 Å². The van der Waals surface area contributed by atoms with Crippen LogP contribution in [-0.2, 0) is 0 Å². The van der Waals surface area contributed by atoms with Crippen molar-refractivity contribution in [3.63, 3.8) is 0 Å². The van der Waals surface area contributed by atoms with Crippen molar-refractivity contribution in [2.45, 2.75) is 85.5 Å². The van der Waals surface area contributed by atoms with Gasteiger partial charge in [0.2, 0.25) is 0 Å². The van der Waals surface area contributed by atoms with Crippen LogP contribution in [0, 0.1) is 23.2 Å². The zero-order chi connectivity index (χ0) is 20.0. The van der Waals surface area contributed by atoms with E-state index in [2.05, 4.69) is 56.6 Å². The molecule has 1 aliphatic heterocycles. The molecule has 2 saturated carbocycles. The molecular formula is C26H44N2. The van der Waals surface area contributed by atoms with E-state index < -0.39 is 0 Å². The molecule has 3 rings (SSSR count). The summed E-state index contributed by atoms with van der Waals surface area (Å²) in [7, 11) is 0. The molecule has 0 aromatic heterocycles. The zero-order valence-electron chi connectivity index (χ0n) is 18.9. The van der Waals surface area contributed by atoms with Crippen LogP contribution in [0.1, 0.15) is 85.5 Å². The highest BCUT2D eigenvalue weighted by atomic mass is 14.9. The Kier molecular flexibility index (Phi) is 7.85. The van der Waals surface area contributed by atoms with Crippen LogP contribution in [-0.4, -0.2) is 19.6 Å². The van der Waals surface area contributed by atoms with E-state index in [0.717, 1.165) is 18.4 Å². The molecule has 2 atom stereocenters. The van der Waals surface area contributed by atoms with Crippen LogP contribution in [0.4, 0.5) is 0 Å². The summed E-state index contributed by atoms with van der Waals surface area (Å²) in [5.74, 6) is 2.55. The number of allylic oxidation sites excluding steroid dienone is 4. The fourth-order valence-electron chi connectivity index (χ4n) is 5.42. The third-order valence-corrected chi connectivity index (χ3v) is 7.59. The normalized spacial score (nSPS) is 25.4. The van der Waals surface area contributed by atoms with Crippen molar-refractivity contribution in [2.24, 2.45) is 23.2 Å². The Morgan fingerprint density at radius 3 is 2.64 bits per heavy atom. The molecule has 2 fully saturated rings. The quantitative estimate of drug-likeness (QED) is 0.285. The van der Waals surface area contributed by atoms with E-state index in [1.807, 2.05) is 0 Å². The molecule has 158 valence electrons. The molecule has 0 aromatic carbocycles. The summed E-state index contributed by atoms with van der Waals surface area (Å²) in [6.45, 7) is 12.8. The van der Waals surface area contributed by atoms with Gasteiger partial charge in [-0.15, -0.1) is 0 Å². The molecular weight excluding hydrogens is 340 g/mol. The van der Waals surface area contributed by atoms with Gasteiger partial charge in [-0.05, 0) is 107 Å². The molecule has 0 radical (unpaired) electrons. The van der Waals surface area contributed by atoms with Gasteiger partial charge in [0.25, 0.3) is 0 Å². The highest BCUT2D eigenvalue weighted by Gasteiger charge is 2.50. The Morgan fingerprint density at radius 2 is 2.04 bits per heavy atom. The summed E-state index contributed by atoms with van der Waals surface area (Å²) in [6.07, 6.45) is 19.4. The lowest BCUT2D eigenvalue weighted by Crippen LogP contribution is -2.26. The lowest BCUT2D eigenvalue weighted by Gasteiger charge is -2.30. The third kappa shape index (κ3) is 5.32. The Labute approximate surface area is 174 Å². The average Bonchev–Trinajstić information content (AvgIpc) is 3.61. The van der Waals surface area contributed by atoms with Crippen molar-refractivity contribution in [2.75, 3.05) is 19.6 Å². The van der Waals surface area contributed by atoms with Crippen molar-refractivity contribution in [1.29, 1.82) is 0 Å². The Morgan fingerprint density at radius 1 is 1.25 bits per heavy atom. The van der Waals surface area contributed by atoms with Crippen molar-refractivity contribution >= 4 is 0 Å². The highest BCUT2D eigenvalue weighted by molar-refractivity contribution is 5.31. The van der Waals surface area contributed by atoms with Crippen LogP contribution in [0.2, 0.25) is 0 Å². The zero-order valence-corrected chi connectivity index (χ0v) is 18.9. The summed E-state index contributed by atoms with van der Waals surface area (Å²) in [5.41, 5.74) is 5.22. The van der Waals surface area contributed by atoms with Crippen LogP contribution in [0.25, 0.3) is 0 Å². The first-order valence-corrected chi connectivity index (χ1v) is 12.1. The van der Waals surface area contributed by atoms with Crippen LogP contribution in [0.15, 0.2) is 35.1 Å². The second kappa shape index (κ2) is 10.1. The fraction of sp³-hybridized carbons (Fsp3) is 0.769. The summed E-state index contributed by atoms with van der Waals surface area (Å²) in [6, 6.07) is 0. The molecule has 0 saturated heterocycles. The largest absolute Gasteiger partial charge is 0.384 e. The molecule has 0 amide bonds. The minimum absolute atomic E-state index is 0.543. The van der Waals surface area contributed by atoms with Crippen LogP contribution >= 0.6 is 0 Å². The summed E-state index contributed by atoms with van der Waals surface area (Å²) >= 11 is 0. The maximum absolute atomic E-state index is 3.75. The summed E-state index contributed by atoms with van der Waals surface area (Å²) in [5, 5.41) is 7.35. The van der Waals surface area contributed by atoms with E-state index in [0.29, 0.717) is 11.3 Å². The van der Waals surface area contributed by atoms with Gasteiger partial charge in [0.05, 0.1) is 0 Å². The first-order chi connectivity index (χ1) is 13.6. The topological polar surface area (TPSA) is 24.1 Å². The van der Waals surface area contributed by atoms with Crippen molar-refractivity contribution in [1.82, 2.24) is 10.6 Å². The SMILES string of the molecule is C/C=C\C1=C(C)C(C/C=C(\CC)C2(C(CCC)CCNCC3CC3)CC2)CN1. The molecule has 2 aliphatic carbocycles. The van der Waals surface area contributed by atoms with Gasteiger partial charge in [-0.3, -0.25) is 0 Å². The van der Waals surface area contributed by atoms with Gasteiger partial charge < -0.3 is 10.6 Å². The maximum Gasteiger partial charge on any atom is 0.0329 e. The first-order valence-electron chi connectivity index (χ1n) is 12.1. The number of rotatable bonds is 13. The van der Waals surface area contributed by atoms with Crippen LogP contribution in [0.5, 0.6) is 0 Å². The van der Waals surface area contributed by atoms with Crippen molar-refractivity contribution < 1.29 is 0 Å². The monoisotopic (exact) mass is 384 g/mol. The number of hydrogen-bond acceptors (Lipinski definition) is 2. The Bertz CT molecular complexity index is 590. The minimum Gasteiger partial charge on any atom is -0.384 e. The predicted octanol–water partition coefficient (Wildman–Crippen LogP) is 6.37. The van der Waals surface area contributed by atoms with Gasteiger partial charge in [-0.2, -0.15) is 0 Å². The lowest BCUT2D eigenvalue weighted by molar-refractivity contribution is 0.298. The second-order valence-electron chi connectivity index (χ2n) is 9.57. The molecule has 0 aromatic rings. The molecule has 28 heavy (non-hydrogen) atoms. The lowest BCUT2D eigenvalue weighted by atomic mass is 9.76. The maximum atomic E-state index is 3.75. The van der Waals surface area contributed by atoms with Crippen LogP contribution in [0.3, 0.4) is 0 Å². The minimum atomic E-state index is 0.543. The first kappa shape index (κ1) is 21.7. The Hall–Kier alpha value is -1.02. The molecule has 0 bridgehead atoms. The van der Waals surface area contributed by atoms with E-state index in [1.54, 1.807) is 11.1 Å². The van der Waals surface area contributed by atoms with Gasteiger partial charge >= 0.3 is 0 Å². The average molecular weight is 385 g/mol. The van der Waals surface area contributed by atoms with Gasteiger partial charge in [-0.1, -0.05) is 38.0 Å². The molecule has 2 N–H and O–H groups in total. The Balaban J connectivity index is 1.60. The van der Waals surface area contributed by atoms with Crippen molar-refractivity contribution in [3.05, 3.63) is 35.1 Å². The van der Waals surface area contributed by atoms with E-state index in [4.69, 9.17) is 0 Å². The van der Waals surface area contributed by atoms with E-state index in [1.165, 1.54) is 76.6 Å². The van der Waals surface area contributed by atoms with Crippen molar-refractivity contribution in [3.8, 4) is 0 Å². The van der Waals surface area contributed by atoms with E-state index >= 15 is 0 Å². The third-order valence-electron chi connectivity index (χ3n) is 7.59. The molecule has 3 aliphatic rings. The second-order valence-corrected chi connectivity index (χ2v) is 9.57. The van der Waals surface area contributed by atoms with Gasteiger partial charge in [0, 0.05) is 18.2 Å². The number of hydrogen-bond donors (Lipinski definition) is 2. The highest BCUT2D eigenvalue weighted by Crippen LogP contribution is 2.60. The standard InChI is InChI=1S/C26H44N2/c1-5-8-24(14-17-27-18-21-10-11-21)26(15-16-26)23(7-3)13-12-22-19-28-25(9-6-2)20(22)4/h6,9,13,21-22,24,27-28H,5,7-8,10-12,14-19H2,1-4H3/b9-6-,23-13+. The van der Waals surface area contributed by atoms with Gasteiger partial charge in [-0.25, -0.2) is 0 Å². The molecule has 1 heterocycles. The smallest absolute Gasteiger partial charge is 0.0329 e. The molecule has 2 nitrogen and oxygen atoms in total. The van der Waals surface area contributed by atoms with Crippen LogP contribution < -0.4 is 10.6 Å². The predicted molar refractivity (Wildman–Crippen MR) is 122 cm³/mol.